The molecule has 0 aromatic carbocycles. The Bertz CT molecular complexity index is 369. The van der Waals surface area contributed by atoms with Gasteiger partial charge in [-0.2, -0.15) is 0 Å². The first-order valence-corrected chi connectivity index (χ1v) is 5.95. The van der Waals surface area contributed by atoms with Gasteiger partial charge < -0.3 is 15.5 Å². The monoisotopic (exact) mass is 234 g/mol. The molecular weight excluding hydrogens is 216 g/mol. The van der Waals surface area contributed by atoms with Gasteiger partial charge in [-0.3, -0.25) is 4.79 Å². The van der Waals surface area contributed by atoms with E-state index < -0.39 is 0 Å². The van der Waals surface area contributed by atoms with Crippen LogP contribution in [0.15, 0.2) is 18.3 Å². The molecule has 92 valence electrons. The molecule has 1 fully saturated rings. The minimum Gasteiger partial charge on any atom is -0.355 e. The van der Waals surface area contributed by atoms with Crippen LogP contribution in [0.25, 0.3) is 0 Å². The fourth-order valence-electron chi connectivity index (χ4n) is 1.93. The molecule has 0 bridgehead atoms. The predicted octanol–water partition coefficient (Wildman–Crippen LogP) is 0.840. The van der Waals surface area contributed by atoms with Gasteiger partial charge >= 0.3 is 0 Å². The van der Waals surface area contributed by atoms with Crippen LogP contribution in [-0.4, -0.2) is 37.1 Å². The van der Waals surface area contributed by atoms with Crippen molar-refractivity contribution in [3.05, 3.63) is 18.3 Å². The van der Waals surface area contributed by atoms with E-state index in [1.54, 1.807) is 6.20 Å². The molecule has 2 heterocycles. The van der Waals surface area contributed by atoms with Gasteiger partial charge in [0.1, 0.15) is 5.82 Å². The maximum absolute atomic E-state index is 10.9. The van der Waals surface area contributed by atoms with Crippen molar-refractivity contribution in [2.75, 3.05) is 36.4 Å². The number of hydrogen-bond donors (Lipinski definition) is 2. The molecule has 5 nitrogen and oxygen atoms in total. The summed E-state index contributed by atoms with van der Waals surface area (Å²) in [5, 5.41) is 6.07. The molecular formula is C12H18N4O. The quantitative estimate of drug-likeness (QED) is 0.796. The second-order valence-corrected chi connectivity index (χ2v) is 4.18. The summed E-state index contributed by atoms with van der Waals surface area (Å²) >= 11 is 0. The van der Waals surface area contributed by atoms with Gasteiger partial charge in [-0.05, 0) is 25.1 Å². The first-order chi connectivity index (χ1) is 8.25. The molecule has 1 aromatic heterocycles. The molecule has 1 saturated heterocycles. The van der Waals surface area contributed by atoms with E-state index in [0.717, 1.165) is 44.1 Å². The van der Waals surface area contributed by atoms with Gasteiger partial charge in [0.15, 0.2) is 0 Å². The zero-order valence-electron chi connectivity index (χ0n) is 10.1. The number of pyridine rings is 1. The van der Waals surface area contributed by atoms with Crippen molar-refractivity contribution in [1.29, 1.82) is 0 Å². The number of nitrogens with zero attached hydrogens (tertiary/aromatic N) is 2. The average molecular weight is 234 g/mol. The van der Waals surface area contributed by atoms with Crippen LogP contribution in [0.4, 0.5) is 11.5 Å². The van der Waals surface area contributed by atoms with Crippen molar-refractivity contribution in [3.8, 4) is 0 Å². The van der Waals surface area contributed by atoms with Crippen molar-refractivity contribution >= 4 is 17.4 Å². The summed E-state index contributed by atoms with van der Waals surface area (Å²) in [5.74, 6) is 0.904. The SMILES string of the molecule is CC(=O)Nc1ccc(N2CCCNCC2)nc1. The fourth-order valence-corrected chi connectivity index (χ4v) is 1.93. The molecule has 0 atom stereocenters. The van der Waals surface area contributed by atoms with Crippen LogP contribution in [0.1, 0.15) is 13.3 Å². The second kappa shape index (κ2) is 5.63. The summed E-state index contributed by atoms with van der Waals surface area (Å²) < 4.78 is 0. The molecule has 0 saturated carbocycles. The largest absolute Gasteiger partial charge is 0.355 e. The van der Waals surface area contributed by atoms with E-state index in [4.69, 9.17) is 0 Å². The van der Waals surface area contributed by atoms with Gasteiger partial charge in [0.25, 0.3) is 0 Å². The summed E-state index contributed by atoms with van der Waals surface area (Å²) in [6, 6.07) is 3.85. The fraction of sp³-hybridized carbons (Fsp3) is 0.500. The second-order valence-electron chi connectivity index (χ2n) is 4.18. The summed E-state index contributed by atoms with van der Waals surface area (Å²) in [5.41, 5.74) is 0.745. The number of carbonyl (C=O) groups is 1. The average Bonchev–Trinajstić information content (AvgIpc) is 2.58. The Morgan fingerprint density at radius 3 is 3.00 bits per heavy atom. The van der Waals surface area contributed by atoms with E-state index in [9.17, 15) is 4.79 Å². The summed E-state index contributed by atoms with van der Waals surface area (Å²) in [4.78, 5) is 17.5. The maximum Gasteiger partial charge on any atom is 0.221 e. The van der Waals surface area contributed by atoms with Crippen molar-refractivity contribution in [2.24, 2.45) is 0 Å². The lowest BCUT2D eigenvalue weighted by Crippen LogP contribution is -2.28. The number of carbonyl (C=O) groups excluding carboxylic acids is 1. The Hall–Kier alpha value is -1.62. The minimum absolute atomic E-state index is 0.0708. The molecule has 0 unspecified atom stereocenters. The zero-order chi connectivity index (χ0) is 12.1. The molecule has 1 amide bonds. The molecule has 0 aliphatic carbocycles. The van der Waals surface area contributed by atoms with Crippen LogP contribution in [0, 0.1) is 0 Å². The van der Waals surface area contributed by atoms with Crippen LogP contribution in [0.2, 0.25) is 0 Å². The first kappa shape index (κ1) is 11.9. The van der Waals surface area contributed by atoms with Crippen LogP contribution in [0.5, 0.6) is 0 Å². The number of hydrogen-bond acceptors (Lipinski definition) is 4. The van der Waals surface area contributed by atoms with Crippen molar-refractivity contribution < 1.29 is 4.79 Å². The molecule has 1 aliphatic rings. The molecule has 5 heteroatoms. The first-order valence-electron chi connectivity index (χ1n) is 5.95. The van der Waals surface area contributed by atoms with Crippen LogP contribution < -0.4 is 15.5 Å². The molecule has 1 aliphatic heterocycles. The van der Waals surface area contributed by atoms with Gasteiger partial charge in [0, 0.05) is 26.6 Å². The predicted molar refractivity (Wildman–Crippen MR) is 68.2 cm³/mol. The minimum atomic E-state index is -0.0708. The lowest BCUT2D eigenvalue weighted by molar-refractivity contribution is -0.114. The van der Waals surface area contributed by atoms with Gasteiger partial charge in [0.2, 0.25) is 5.91 Å². The third-order valence-electron chi connectivity index (χ3n) is 2.73. The number of nitrogens with one attached hydrogen (secondary N) is 2. The van der Waals surface area contributed by atoms with Gasteiger partial charge in [-0.1, -0.05) is 0 Å². The van der Waals surface area contributed by atoms with Crippen LogP contribution in [0.3, 0.4) is 0 Å². The summed E-state index contributed by atoms with van der Waals surface area (Å²) in [6.07, 6.45) is 2.84. The molecule has 1 aromatic rings. The number of aromatic nitrogens is 1. The van der Waals surface area contributed by atoms with E-state index >= 15 is 0 Å². The summed E-state index contributed by atoms with van der Waals surface area (Å²) in [7, 11) is 0. The lowest BCUT2D eigenvalue weighted by atomic mass is 10.3. The Balaban J connectivity index is 2.03. The lowest BCUT2D eigenvalue weighted by Gasteiger charge is -2.21. The van der Waals surface area contributed by atoms with Gasteiger partial charge in [-0.25, -0.2) is 4.98 Å². The van der Waals surface area contributed by atoms with Crippen molar-refractivity contribution in [2.45, 2.75) is 13.3 Å². The van der Waals surface area contributed by atoms with Crippen LogP contribution >= 0.6 is 0 Å². The smallest absolute Gasteiger partial charge is 0.221 e. The Morgan fingerprint density at radius 2 is 2.29 bits per heavy atom. The standard InChI is InChI=1S/C12H18N4O/c1-10(17)15-11-3-4-12(14-9-11)16-7-2-5-13-6-8-16/h3-4,9,13H,2,5-8H2,1H3,(H,15,17). The highest BCUT2D eigenvalue weighted by molar-refractivity contribution is 5.88. The van der Waals surface area contributed by atoms with Crippen molar-refractivity contribution in [3.63, 3.8) is 0 Å². The third kappa shape index (κ3) is 3.42. The Morgan fingerprint density at radius 1 is 1.41 bits per heavy atom. The topological polar surface area (TPSA) is 57.3 Å². The third-order valence-corrected chi connectivity index (χ3v) is 2.73. The van der Waals surface area contributed by atoms with E-state index in [2.05, 4.69) is 20.5 Å². The summed E-state index contributed by atoms with van der Waals surface area (Å²) in [6.45, 7) is 5.57. The Labute approximate surface area is 101 Å². The van der Waals surface area contributed by atoms with Gasteiger partial charge in [-0.15, -0.1) is 0 Å². The molecule has 0 spiro atoms. The maximum atomic E-state index is 10.9. The number of anilines is 2. The molecule has 17 heavy (non-hydrogen) atoms. The highest BCUT2D eigenvalue weighted by atomic mass is 16.1. The number of amides is 1. The molecule has 0 radical (unpaired) electrons. The van der Waals surface area contributed by atoms with E-state index in [0.29, 0.717) is 0 Å². The van der Waals surface area contributed by atoms with Crippen molar-refractivity contribution in [1.82, 2.24) is 10.3 Å². The van der Waals surface area contributed by atoms with Crippen LogP contribution in [-0.2, 0) is 4.79 Å². The number of rotatable bonds is 2. The highest BCUT2D eigenvalue weighted by Gasteiger charge is 2.10. The molecule has 2 N–H and O–H groups in total. The normalized spacial score (nSPS) is 16.4. The van der Waals surface area contributed by atoms with Gasteiger partial charge in [0.05, 0.1) is 11.9 Å². The van der Waals surface area contributed by atoms with E-state index in [-0.39, 0.29) is 5.91 Å². The van der Waals surface area contributed by atoms with E-state index in [1.165, 1.54) is 6.92 Å². The Kier molecular flexibility index (Phi) is 3.93. The molecule has 2 rings (SSSR count). The zero-order valence-corrected chi connectivity index (χ0v) is 10.1. The van der Waals surface area contributed by atoms with E-state index in [1.807, 2.05) is 12.1 Å². The highest BCUT2D eigenvalue weighted by Crippen LogP contribution is 2.14.